The molecule has 128 valence electrons. The highest BCUT2D eigenvalue weighted by atomic mass is 16.4. The Kier molecular flexibility index (Phi) is 3.98. The van der Waals surface area contributed by atoms with Crippen LogP contribution in [0, 0.1) is 11.3 Å². The summed E-state index contributed by atoms with van der Waals surface area (Å²) in [5.41, 5.74) is -0.777. The number of urea groups is 1. The Morgan fingerprint density at radius 3 is 2.65 bits per heavy atom. The van der Waals surface area contributed by atoms with E-state index in [1.165, 1.54) is 0 Å². The molecule has 3 fully saturated rings. The first-order valence-corrected chi connectivity index (χ1v) is 8.44. The predicted octanol–water partition coefficient (Wildman–Crippen LogP) is 0.892. The molecular weight excluding hydrogens is 298 g/mol. The van der Waals surface area contributed by atoms with Crippen LogP contribution in [0.5, 0.6) is 0 Å². The lowest BCUT2D eigenvalue weighted by Gasteiger charge is -2.24. The van der Waals surface area contributed by atoms with Gasteiger partial charge >= 0.3 is 12.0 Å². The molecule has 2 saturated heterocycles. The number of hydrogen-bond acceptors (Lipinski definition) is 3. The number of aliphatic carboxylic acids is 1. The number of rotatable bonds is 3. The van der Waals surface area contributed by atoms with E-state index >= 15 is 0 Å². The van der Waals surface area contributed by atoms with E-state index < -0.39 is 17.4 Å². The van der Waals surface area contributed by atoms with Crippen molar-refractivity contribution in [1.82, 2.24) is 15.1 Å². The second-order valence-electron chi connectivity index (χ2n) is 7.35. The highest BCUT2D eigenvalue weighted by molar-refractivity contribution is 5.89. The third kappa shape index (κ3) is 2.56. The summed E-state index contributed by atoms with van der Waals surface area (Å²) in [5, 5.41) is 12.4. The lowest BCUT2D eigenvalue weighted by Crippen LogP contribution is -2.48. The van der Waals surface area contributed by atoms with Gasteiger partial charge in [-0.15, -0.1) is 0 Å². The fourth-order valence-electron chi connectivity index (χ4n) is 4.38. The van der Waals surface area contributed by atoms with Gasteiger partial charge in [0.25, 0.3) is 0 Å². The molecule has 3 amide bonds. The second kappa shape index (κ2) is 5.69. The molecule has 2 N–H and O–H groups in total. The maximum absolute atomic E-state index is 12.5. The second-order valence-corrected chi connectivity index (χ2v) is 7.35. The summed E-state index contributed by atoms with van der Waals surface area (Å²) in [6, 6.07) is -0.652. The number of amides is 3. The molecule has 2 aliphatic heterocycles. The maximum atomic E-state index is 12.5. The Morgan fingerprint density at radius 1 is 1.35 bits per heavy atom. The van der Waals surface area contributed by atoms with Gasteiger partial charge in [0, 0.05) is 25.7 Å². The number of carboxylic acids is 1. The third-order valence-electron chi connectivity index (χ3n) is 5.74. The van der Waals surface area contributed by atoms with Crippen LogP contribution in [0.25, 0.3) is 0 Å². The van der Waals surface area contributed by atoms with Crippen molar-refractivity contribution in [1.29, 1.82) is 0 Å². The fourth-order valence-corrected chi connectivity index (χ4v) is 4.38. The number of nitrogens with zero attached hydrogens (tertiary/aromatic N) is 2. The summed E-state index contributed by atoms with van der Waals surface area (Å²) in [6.45, 7) is 5.31. The van der Waals surface area contributed by atoms with E-state index in [0.717, 1.165) is 12.8 Å². The smallest absolute Gasteiger partial charge is 0.318 e. The van der Waals surface area contributed by atoms with Crippen molar-refractivity contribution >= 4 is 17.9 Å². The van der Waals surface area contributed by atoms with E-state index in [-0.39, 0.29) is 30.4 Å². The van der Waals surface area contributed by atoms with Crippen LogP contribution >= 0.6 is 0 Å². The van der Waals surface area contributed by atoms with Gasteiger partial charge in [-0.25, -0.2) is 4.79 Å². The number of hydrogen-bond donors (Lipinski definition) is 2. The molecule has 0 aromatic heterocycles. The average Bonchev–Trinajstić information content (AvgIpc) is 3.11. The lowest BCUT2D eigenvalue weighted by molar-refractivity contribution is -0.149. The summed E-state index contributed by atoms with van der Waals surface area (Å²) in [7, 11) is 0. The maximum Gasteiger partial charge on any atom is 0.318 e. The van der Waals surface area contributed by atoms with E-state index in [4.69, 9.17) is 0 Å². The van der Waals surface area contributed by atoms with Gasteiger partial charge in [-0.3, -0.25) is 9.59 Å². The van der Waals surface area contributed by atoms with Crippen molar-refractivity contribution in [3.8, 4) is 0 Å². The fraction of sp³-hybridized carbons (Fsp3) is 0.812. The van der Waals surface area contributed by atoms with Gasteiger partial charge in [0.1, 0.15) is 6.04 Å². The van der Waals surface area contributed by atoms with Crippen LogP contribution in [0.15, 0.2) is 0 Å². The minimum Gasteiger partial charge on any atom is -0.481 e. The first-order chi connectivity index (χ1) is 10.8. The average molecular weight is 323 g/mol. The third-order valence-corrected chi connectivity index (χ3v) is 5.74. The summed E-state index contributed by atoms with van der Waals surface area (Å²) in [5.74, 6) is -0.795. The molecule has 1 aliphatic carbocycles. The summed E-state index contributed by atoms with van der Waals surface area (Å²) in [6.07, 6.45) is 3.03. The van der Waals surface area contributed by atoms with E-state index in [1.54, 1.807) is 9.80 Å². The monoisotopic (exact) mass is 323 g/mol. The first kappa shape index (κ1) is 16.1. The van der Waals surface area contributed by atoms with Gasteiger partial charge in [-0.1, -0.05) is 6.42 Å². The molecule has 1 saturated carbocycles. The molecule has 0 bridgehead atoms. The molecule has 1 unspecified atom stereocenters. The molecule has 3 aliphatic rings. The van der Waals surface area contributed by atoms with Gasteiger partial charge in [-0.05, 0) is 39.0 Å². The van der Waals surface area contributed by atoms with Gasteiger partial charge in [0.2, 0.25) is 5.91 Å². The van der Waals surface area contributed by atoms with Crippen molar-refractivity contribution in [2.24, 2.45) is 11.3 Å². The quantitative estimate of drug-likeness (QED) is 0.807. The van der Waals surface area contributed by atoms with Crippen molar-refractivity contribution in [3.05, 3.63) is 0 Å². The van der Waals surface area contributed by atoms with Crippen LogP contribution in [0.2, 0.25) is 0 Å². The van der Waals surface area contributed by atoms with Crippen molar-refractivity contribution < 1.29 is 19.5 Å². The zero-order valence-corrected chi connectivity index (χ0v) is 13.7. The van der Waals surface area contributed by atoms with Crippen molar-refractivity contribution in [2.45, 2.75) is 51.6 Å². The molecule has 23 heavy (non-hydrogen) atoms. The van der Waals surface area contributed by atoms with E-state index in [2.05, 4.69) is 5.32 Å². The minimum absolute atomic E-state index is 0.0391. The topological polar surface area (TPSA) is 90.0 Å². The SMILES string of the molecule is CC(C)N1CCC(NC(=O)N2C[C@@H]3CCC[C@@]3(C(=O)O)C2)C1=O. The van der Waals surface area contributed by atoms with Gasteiger partial charge in [0.15, 0.2) is 0 Å². The van der Waals surface area contributed by atoms with Gasteiger partial charge in [-0.2, -0.15) is 0 Å². The van der Waals surface area contributed by atoms with E-state index in [9.17, 15) is 19.5 Å². The van der Waals surface area contributed by atoms with Crippen LogP contribution in [0.4, 0.5) is 4.79 Å². The molecule has 0 radical (unpaired) electrons. The van der Waals surface area contributed by atoms with Gasteiger partial charge < -0.3 is 20.2 Å². The van der Waals surface area contributed by atoms with Crippen molar-refractivity contribution in [2.75, 3.05) is 19.6 Å². The molecule has 7 nitrogen and oxygen atoms in total. The Bertz CT molecular complexity index is 535. The van der Waals surface area contributed by atoms with E-state index in [0.29, 0.717) is 25.9 Å². The molecule has 2 heterocycles. The summed E-state index contributed by atoms with van der Waals surface area (Å²) >= 11 is 0. The number of fused-ring (bicyclic) bond motifs is 1. The molecule has 0 aromatic carbocycles. The number of carboxylic acid groups (broad SMARTS) is 1. The molecule has 0 aromatic rings. The van der Waals surface area contributed by atoms with Crippen molar-refractivity contribution in [3.63, 3.8) is 0 Å². The Hall–Kier alpha value is -1.79. The largest absolute Gasteiger partial charge is 0.481 e. The molecule has 3 atom stereocenters. The zero-order chi connectivity index (χ0) is 16.8. The predicted molar refractivity (Wildman–Crippen MR) is 82.8 cm³/mol. The van der Waals surface area contributed by atoms with Crippen LogP contribution < -0.4 is 5.32 Å². The molecule has 0 spiro atoms. The first-order valence-electron chi connectivity index (χ1n) is 8.44. The molecule has 3 rings (SSSR count). The van der Waals surface area contributed by atoms with Crippen LogP contribution in [0.1, 0.15) is 39.5 Å². The number of likely N-dealkylation sites (tertiary alicyclic amines) is 2. The van der Waals surface area contributed by atoms with Crippen LogP contribution in [-0.2, 0) is 9.59 Å². The number of carbonyl (C=O) groups is 3. The zero-order valence-electron chi connectivity index (χ0n) is 13.7. The molecular formula is C16H25N3O4. The Labute approximate surface area is 136 Å². The van der Waals surface area contributed by atoms with Gasteiger partial charge in [0.05, 0.1) is 5.41 Å². The Morgan fingerprint density at radius 2 is 2.09 bits per heavy atom. The normalized spacial score (nSPS) is 33.4. The molecule has 7 heteroatoms. The lowest BCUT2D eigenvalue weighted by atomic mass is 9.81. The highest BCUT2D eigenvalue weighted by Gasteiger charge is 2.56. The standard InChI is InChI=1S/C16H25N3O4/c1-10(2)19-7-5-12(13(19)20)17-15(23)18-8-11-4-3-6-16(11,9-18)14(21)22/h10-12H,3-9H2,1-2H3,(H,17,23)(H,21,22)/t11-,12?,16+/m0/s1. The number of carbonyl (C=O) groups excluding carboxylic acids is 2. The van der Waals surface area contributed by atoms with Crippen LogP contribution in [0.3, 0.4) is 0 Å². The van der Waals surface area contributed by atoms with Crippen LogP contribution in [-0.4, -0.2) is 64.5 Å². The highest BCUT2D eigenvalue weighted by Crippen LogP contribution is 2.48. The van der Waals surface area contributed by atoms with E-state index in [1.807, 2.05) is 13.8 Å². The minimum atomic E-state index is -0.793. The summed E-state index contributed by atoms with van der Waals surface area (Å²) in [4.78, 5) is 39.8. The number of nitrogens with one attached hydrogen (secondary N) is 1. The Balaban J connectivity index is 1.62. The summed E-state index contributed by atoms with van der Waals surface area (Å²) < 4.78 is 0.